The zero-order valence-electron chi connectivity index (χ0n) is 10.5. The van der Waals surface area contributed by atoms with Crippen molar-refractivity contribution in [3.63, 3.8) is 0 Å². The fraction of sp³-hybridized carbons (Fsp3) is 0.692. The van der Waals surface area contributed by atoms with E-state index in [1.807, 2.05) is 11.3 Å². The van der Waals surface area contributed by atoms with Crippen LogP contribution < -0.4 is 5.32 Å². The molecule has 2 heterocycles. The van der Waals surface area contributed by atoms with Crippen LogP contribution in [-0.4, -0.2) is 31.6 Å². The summed E-state index contributed by atoms with van der Waals surface area (Å²) in [6.07, 6.45) is 1.35. The SMILES string of the molecule is Cc1ccsc1C(C)NCC1CCN(C)C1. The number of hydrogen-bond donors (Lipinski definition) is 1. The van der Waals surface area contributed by atoms with Gasteiger partial charge in [0, 0.05) is 17.5 Å². The van der Waals surface area contributed by atoms with Crippen LogP contribution >= 0.6 is 11.3 Å². The largest absolute Gasteiger partial charge is 0.309 e. The highest BCUT2D eigenvalue weighted by Crippen LogP contribution is 2.24. The molecule has 0 radical (unpaired) electrons. The Morgan fingerprint density at radius 2 is 2.44 bits per heavy atom. The topological polar surface area (TPSA) is 15.3 Å². The Labute approximate surface area is 103 Å². The molecule has 0 amide bonds. The first kappa shape index (κ1) is 12.1. The second kappa shape index (κ2) is 5.30. The van der Waals surface area contributed by atoms with Crippen LogP contribution in [0, 0.1) is 12.8 Å². The average molecular weight is 238 g/mol. The third-order valence-corrected chi connectivity index (χ3v) is 4.70. The molecule has 3 heteroatoms. The van der Waals surface area contributed by atoms with Gasteiger partial charge in [-0.05, 0) is 63.3 Å². The summed E-state index contributed by atoms with van der Waals surface area (Å²) in [7, 11) is 2.22. The lowest BCUT2D eigenvalue weighted by Gasteiger charge is -2.17. The summed E-state index contributed by atoms with van der Waals surface area (Å²) in [6, 6.07) is 2.72. The number of nitrogens with one attached hydrogen (secondary N) is 1. The van der Waals surface area contributed by atoms with Crippen LogP contribution in [0.5, 0.6) is 0 Å². The van der Waals surface area contributed by atoms with E-state index in [1.165, 1.54) is 30.0 Å². The van der Waals surface area contributed by atoms with Gasteiger partial charge in [-0.2, -0.15) is 0 Å². The predicted molar refractivity (Wildman–Crippen MR) is 71.1 cm³/mol. The Bertz CT molecular complexity index is 334. The maximum absolute atomic E-state index is 3.67. The number of aryl methyl sites for hydroxylation is 1. The highest BCUT2D eigenvalue weighted by atomic mass is 32.1. The minimum Gasteiger partial charge on any atom is -0.309 e. The summed E-state index contributed by atoms with van der Waals surface area (Å²) < 4.78 is 0. The first-order chi connectivity index (χ1) is 7.66. The summed E-state index contributed by atoms with van der Waals surface area (Å²) in [4.78, 5) is 3.92. The Hall–Kier alpha value is -0.380. The van der Waals surface area contributed by atoms with Gasteiger partial charge in [0.1, 0.15) is 0 Å². The summed E-state index contributed by atoms with van der Waals surface area (Å²) in [5.74, 6) is 0.840. The third kappa shape index (κ3) is 2.84. The average Bonchev–Trinajstić information content (AvgIpc) is 2.84. The van der Waals surface area contributed by atoms with Gasteiger partial charge in [-0.25, -0.2) is 0 Å². The molecule has 0 bridgehead atoms. The van der Waals surface area contributed by atoms with Crippen molar-refractivity contribution >= 4 is 11.3 Å². The van der Waals surface area contributed by atoms with Crippen molar-refractivity contribution in [3.05, 3.63) is 21.9 Å². The fourth-order valence-electron chi connectivity index (χ4n) is 2.46. The molecule has 2 nitrogen and oxygen atoms in total. The van der Waals surface area contributed by atoms with Gasteiger partial charge >= 0.3 is 0 Å². The van der Waals surface area contributed by atoms with Gasteiger partial charge in [0.15, 0.2) is 0 Å². The molecule has 1 saturated heterocycles. The molecule has 1 N–H and O–H groups in total. The molecule has 0 spiro atoms. The molecular weight excluding hydrogens is 216 g/mol. The van der Waals surface area contributed by atoms with Crippen LogP contribution in [0.2, 0.25) is 0 Å². The van der Waals surface area contributed by atoms with E-state index in [-0.39, 0.29) is 0 Å². The Morgan fingerprint density at radius 3 is 3.00 bits per heavy atom. The number of nitrogens with zero attached hydrogens (tertiary/aromatic N) is 1. The van der Waals surface area contributed by atoms with E-state index in [0.717, 1.165) is 12.5 Å². The standard InChI is InChI=1S/C13H22N2S/c1-10-5-7-16-13(10)11(2)14-8-12-4-6-15(3)9-12/h5,7,11-12,14H,4,6,8-9H2,1-3H3. The van der Waals surface area contributed by atoms with Crippen LogP contribution in [0.25, 0.3) is 0 Å². The number of hydrogen-bond acceptors (Lipinski definition) is 3. The van der Waals surface area contributed by atoms with Gasteiger partial charge in [0.2, 0.25) is 0 Å². The van der Waals surface area contributed by atoms with Crippen molar-refractivity contribution < 1.29 is 0 Å². The normalized spacial score (nSPS) is 23.8. The van der Waals surface area contributed by atoms with E-state index < -0.39 is 0 Å². The van der Waals surface area contributed by atoms with Crippen molar-refractivity contribution in [2.75, 3.05) is 26.7 Å². The fourth-order valence-corrected chi connectivity index (χ4v) is 3.42. The monoisotopic (exact) mass is 238 g/mol. The predicted octanol–water partition coefficient (Wildman–Crippen LogP) is 2.66. The van der Waals surface area contributed by atoms with Gasteiger partial charge in [-0.1, -0.05) is 0 Å². The highest BCUT2D eigenvalue weighted by Gasteiger charge is 2.20. The van der Waals surface area contributed by atoms with Crippen molar-refractivity contribution in [2.24, 2.45) is 5.92 Å². The van der Waals surface area contributed by atoms with Crippen LogP contribution in [-0.2, 0) is 0 Å². The number of thiophene rings is 1. The van der Waals surface area contributed by atoms with E-state index in [1.54, 1.807) is 0 Å². The lowest BCUT2D eigenvalue weighted by atomic mass is 10.1. The molecule has 0 saturated carbocycles. The highest BCUT2D eigenvalue weighted by molar-refractivity contribution is 7.10. The van der Waals surface area contributed by atoms with E-state index in [2.05, 4.69) is 42.6 Å². The first-order valence-corrected chi connectivity index (χ1v) is 7.00. The molecule has 2 atom stereocenters. The molecule has 16 heavy (non-hydrogen) atoms. The Balaban J connectivity index is 1.80. The van der Waals surface area contributed by atoms with Gasteiger partial charge in [0.25, 0.3) is 0 Å². The Morgan fingerprint density at radius 1 is 1.62 bits per heavy atom. The number of likely N-dealkylation sites (tertiary alicyclic amines) is 1. The molecule has 1 fully saturated rings. The summed E-state index contributed by atoms with van der Waals surface area (Å²) in [5.41, 5.74) is 1.42. The molecule has 0 aliphatic carbocycles. The minimum absolute atomic E-state index is 0.505. The van der Waals surface area contributed by atoms with E-state index in [0.29, 0.717) is 6.04 Å². The maximum atomic E-state index is 3.67. The number of rotatable bonds is 4. The van der Waals surface area contributed by atoms with E-state index >= 15 is 0 Å². The zero-order chi connectivity index (χ0) is 11.5. The van der Waals surface area contributed by atoms with E-state index in [4.69, 9.17) is 0 Å². The lowest BCUT2D eigenvalue weighted by Crippen LogP contribution is -2.27. The van der Waals surface area contributed by atoms with Crippen LogP contribution in [0.3, 0.4) is 0 Å². The van der Waals surface area contributed by atoms with Crippen molar-refractivity contribution in [1.82, 2.24) is 10.2 Å². The molecule has 0 aromatic carbocycles. The molecular formula is C13H22N2S. The Kier molecular flexibility index (Phi) is 4.00. The second-order valence-electron chi connectivity index (χ2n) is 5.01. The van der Waals surface area contributed by atoms with E-state index in [9.17, 15) is 0 Å². The van der Waals surface area contributed by atoms with Gasteiger partial charge in [-0.3, -0.25) is 0 Å². The summed E-state index contributed by atoms with van der Waals surface area (Å²) >= 11 is 1.87. The first-order valence-electron chi connectivity index (χ1n) is 6.12. The molecule has 2 unspecified atom stereocenters. The van der Waals surface area contributed by atoms with Gasteiger partial charge < -0.3 is 10.2 Å². The zero-order valence-corrected chi connectivity index (χ0v) is 11.3. The summed E-state index contributed by atoms with van der Waals surface area (Å²) in [5, 5.41) is 5.86. The van der Waals surface area contributed by atoms with Crippen LogP contribution in [0.4, 0.5) is 0 Å². The van der Waals surface area contributed by atoms with Crippen LogP contribution in [0.15, 0.2) is 11.4 Å². The maximum Gasteiger partial charge on any atom is 0.0388 e. The lowest BCUT2D eigenvalue weighted by molar-refractivity contribution is 0.382. The molecule has 1 aliphatic rings. The second-order valence-corrected chi connectivity index (χ2v) is 5.96. The molecule has 90 valence electrons. The van der Waals surface area contributed by atoms with Crippen molar-refractivity contribution in [1.29, 1.82) is 0 Å². The molecule has 2 rings (SSSR count). The third-order valence-electron chi connectivity index (χ3n) is 3.50. The van der Waals surface area contributed by atoms with Crippen molar-refractivity contribution in [3.8, 4) is 0 Å². The molecule has 1 aromatic rings. The van der Waals surface area contributed by atoms with Gasteiger partial charge in [-0.15, -0.1) is 11.3 Å². The smallest absolute Gasteiger partial charge is 0.0388 e. The molecule has 1 aliphatic heterocycles. The van der Waals surface area contributed by atoms with Gasteiger partial charge in [0.05, 0.1) is 0 Å². The summed E-state index contributed by atoms with van der Waals surface area (Å²) in [6.45, 7) is 8.15. The van der Waals surface area contributed by atoms with Crippen molar-refractivity contribution in [2.45, 2.75) is 26.3 Å². The minimum atomic E-state index is 0.505. The quantitative estimate of drug-likeness (QED) is 0.867. The van der Waals surface area contributed by atoms with Crippen LogP contribution in [0.1, 0.15) is 29.8 Å². The molecule has 1 aromatic heterocycles.